The van der Waals surface area contributed by atoms with Crippen molar-refractivity contribution in [3.63, 3.8) is 0 Å². The van der Waals surface area contributed by atoms with Gasteiger partial charge in [0.25, 0.3) is 0 Å². The van der Waals surface area contributed by atoms with Crippen LogP contribution in [0.4, 0.5) is 15.0 Å². The fraction of sp³-hybridized carbons (Fsp3) is 0.467. The van der Waals surface area contributed by atoms with Crippen LogP contribution < -0.4 is 10.2 Å². The van der Waals surface area contributed by atoms with Gasteiger partial charge in [0.1, 0.15) is 12.1 Å². The van der Waals surface area contributed by atoms with Crippen molar-refractivity contribution in [3.05, 3.63) is 29.8 Å². The summed E-state index contributed by atoms with van der Waals surface area (Å²) in [5.74, 6) is 1.80. The van der Waals surface area contributed by atoms with Crippen LogP contribution in [0.2, 0.25) is 0 Å². The van der Waals surface area contributed by atoms with Crippen molar-refractivity contribution < 1.29 is 18.8 Å². The minimum atomic E-state index is -1.02. The zero-order valence-electron chi connectivity index (χ0n) is 12.7. The molecule has 6 nitrogen and oxygen atoms in total. The second-order valence-corrected chi connectivity index (χ2v) is 6.58. The molecule has 2 atom stereocenters. The third kappa shape index (κ3) is 3.36. The van der Waals surface area contributed by atoms with Crippen LogP contribution in [0, 0.1) is 0 Å². The quantitative estimate of drug-likeness (QED) is 0.851. The van der Waals surface area contributed by atoms with Gasteiger partial charge >= 0.3 is 6.09 Å². The first-order valence-electron chi connectivity index (χ1n) is 7.39. The Bertz CT molecular complexity index is 592. The summed E-state index contributed by atoms with van der Waals surface area (Å²) in [7, 11) is 0. The van der Waals surface area contributed by atoms with Gasteiger partial charge in [-0.15, -0.1) is 16.9 Å². The Balaban J connectivity index is 1.76. The van der Waals surface area contributed by atoms with Crippen LogP contribution in [0.1, 0.15) is 18.5 Å². The minimum absolute atomic E-state index is 0.0800. The predicted molar refractivity (Wildman–Crippen MR) is 85.8 cm³/mol. The molecule has 0 aliphatic carbocycles. The van der Waals surface area contributed by atoms with Gasteiger partial charge in [-0.1, -0.05) is 16.6 Å². The molecule has 8 heteroatoms. The Morgan fingerprint density at radius 3 is 2.78 bits per heavy atom. The Hall–Kier alpha value is -1.96. The second kappa shape index (κ2) is 6.66. The Morgan fingerprint density at radius 2 is 2.17 bits per heavy atom. The summed E-state index contributed by atoms with van der Waals surface area (Å²) >= 11 is 1.87. The first kappa shape index (κ1) is 15.9. The number of thioether (sulfide) groups is 1. The minimum Gasteiger partial charge on any atom is -0.440 e. The lowest BCUT2D eigenvalue weighted by Crippen LogP contribution is -2.34. The molecule has 2 aliphatic rings. The van der Waals surface area contributed by atoms with E-state index in [0.717, 1.165) is 23.9 Å². The van der Waals surface area contributed by atoms with E-state index in [1.54, 1.807) is 12.1 Å². The predicted octanol–water partition coefficient (Wildman–Crippen LogP) is 2.08. The van der Waals surface area contributed by atoms with Crippen LogP contribution >= 0.6 is 11.8 Å². The van der Waals surface area contributed by atoms with Crippen molar-refractivity contribution in [2.24, 2.45) is 0 Å². The summed E-state index contributed by atoms with van der Waals surface area (Å²) in [5.41, 5.74) is 1.72. The summed E-state index contributed by atoms with van der Waals surface area (Å²) < 4.78 is 19.1. The number of hydrogen-bond acceptors (Lipinski definition) is 5. The van der Waals surface area contributed by atoms with E-state index in [0.29, 0.717) is 5.56 Å². The Labute approximate surface area is 137 Å². The topological polar surface area (TPSA) is 61.9 Å². The number of ether oxygens (including phenoxy) is 1. The maximum atomic E-state index is 14.1. The molecule has 2 amide bonds. The molecule has 2 fully saturated rings. The van der Waals surface area contributed by atoms with E-state index in [4.69, 9.17) is 4.74 Å². The molecular weight excluding hydrogens is 321 g/mol. The smallest absolute Gasteiger partial charge is 0.439 e. The average Bonchev–Trinajstić information content (AvgIpc) is 3.15. The van der Waals surface area contributed by atoms with Gasteiger partial charge in [-0.05, 0) is 17.7 Å². The van der Waals surface area contributed by atoms with Gasteiger partial charge in [0.2, 0.25) is 5.91 Å². The molecule has 2 unspecified atom stereocenters. The molecule has 0 saturated carbocycles. The third-order valence-corrected chi connectivity index (χ3v) is 4.89. The molecule has 0 spiro atoms. The normalized spacial score (nSPS) is 24.0. The number of hydrogen-bond donors (Lipinski definition) is 1. The standard InChI is InChI=1S/C15H18FN3O3S/c1-10(20)17-8-13-14(19(16)15(21)22-13)11-2-4-12(5-3-11)18-6-7-23-9-18/h2-5,13-14H,6-9H2,1H3,(H,17,20). The summed E-state index contributed by atoms with van der Waals surface area (Å²) in [4.78, 5) is 24.8. The van der Waals surface area contributed by atoms with Crippen LogP contribution in [-0.4, -0.2) is 47.9 Å². The van der Waals surface area contributed by atoms with Crippen molar-refractivity contribution in [1.29, 1.82) is 0 Å². The summed E-state index contributed by atoms with van der Waals surface area (Å²) in [5, 5.41) is 2.65. The molecule has 2 saturated heterocycles. The molecule has 23 heavy (non-hydrogen) atoms. The molecule has 1 N–H and O–H groups in total. The zero-order chi connectivity index (χ0) is 16.4. The summed E-state index contributed by atoms with van der Waals surface area (Å²) in [6.45, 7) is 2.44. The highest BCUT2D eigenvalue weighted by molar-refractivity contribution is 7.99. The van der Waals surface area contributed by atoms with Gasteiger partial charge in [-0.25, -0.2) is 4.79 Å². The van der Waals surface area contributed by atoms with Crippen molar-refractivity contribution in [2.45, 2.75) is 19.1 Å². The number of halogens is 1. The lowest BCUT2D eigenvalue weighted by Gasteiger charge is -2.21. The first-order chi connectivity index (χ1) is 11.1. The summed E-state index contributed by atoms with van der Waals surface area (Å²) in [6, 6.07) is 6.60. The van der Waals surface area contributed by atoms with Gasteiger partial charge in [-0.2, -0.15) is 0 Å². The number of benzene rings is 1. The molecule has 1 aromatic carbocycles. The third-order valence-electron chi connectivity index (χ3n) is 3.93. The highest BCUT2D eigenvalue weighted by Gasteiger charge is 2.43. The number of carbonyl (C=O) groups is 2. The Kier molecular flexibility index (Phi) is 4.61. The molecule has 0 aromatic heterocycles. The van der Waals surface area contributed by atoms with Crippen LogP contribution in [0.3, 0.4) is 0 Å². The average molecular weight is 339 g/mol. The monoisotopic (exact) mass is 339 g/mol. The van der Waals surface area contributed by atoms with Gasteiger partial charge in [0.05, 0.1) is 12.4 Å². The van der Waals surface area contributed by atoms with Gasteiger partial charge < -0.3 is 15.0 Å². The first-order valence-corrected chi connectivity index (χ1v) is 8.54. The highest BCUT2D eigenvalue weighted by Crippen LogP contribution is 2.34. The van der Waals surface area contributed by atoms with E-state index in [1.165, 1.54) is 6.92 Å². The van der Waals surface area contributed by atoms with Crippen LogP contribution in [-0.2, 0) is 9.53 Å². The number of nitrogens with one attached hydrogen (secondary N) is 1. The second-order valence-electron chi connectivity index (χ2n) is 5.51. The lowest BCUT2D eigenvalue weighted by molar-refractivity contribution is -0.119. The zero-order valence-corrected chi connectivity index (χ0v) is 13.5. The van der Waals surface area contributed by atoms with E-state index >= 15 is 0 Å². The summed E-state index contributed by atoms with van der Waals surface area (Å²) in [6.07, 6.45) is -1.77. The van der Waals surface area contributed by atoms with Crippen molar-refractivity contribution in [2.75, 3.05) is 29.6 Å². The van der Waals surface area contributed by atoms with Gasteiger partial charge in [-0.3, -0.25) is 4.79 Å². The Morgan fingerprint density at radius 1 is 1.43 bits per heavy atom. The number of nitrogens with zero attached hydrogens (tertiary/aromatic N) is 2. The molecular formula is C15H18FN3O3S. The van der Waals surface area contributed by atoms with Crippen LogP contribution in [0.15, 0.2) is 24.3 Å². The van der Waals surface area contributed by atoms with Crippen molar-refractivity contribution in [3.8, 4) is 0 Å². The number of carbonyl (C=O) groups excluding carboxylic acids is 2. The van der Waals surface area contributed by atoms with E-state index in [-0.39, 0.29) is 17.6 Å². The van der Waals surface area contributed by atoms with Gasteiger partial charge in [0, 0.05) is 24.9 Å². The van der Waals surface area contributed by atoms with Crippen LogP contribution in [0.5, 0.6) is 0 Å². The van der Waals surface area contributed by atoms with Crippen molar-refractivity contribution >= 4 is 29.4 Å². The van der Waals surface area contributed by atoms with E-state index < -0.39 is 18.2 Å². The fourth-order valence-corrected chi connectivity index (χ4v) is 3.72. The molecule has 2 aliphatic heterocycles. The number of cyclic esters (lactones) is 1. The van der Waals surface area contributed by atoms with Crippen LogP contribution in [0.25, 0.3) is 0 Å². The molecule has 1 aromatic rings. The largest absolute Gasteiger partial charge is 0.440 e. The van der Waals surface area contributed by atoms with E-state index in [1.807, 2.05) is 23.9 Å². The van der Waals surface area contributed by atoms with Gasteiger partial charge in [0.15, 0.2) is 0 Å². The van der Waals surface area contributed by atoms with Crippen molar-refractivity contribution in [1.82, 2.24) is 10.4 Å². The number of rotatable bonds is 4. The molecule has 2 heterocycles. The van der Waals surface area contributed by atoms with E-state index in [2.05, 4.69) is 10.2 Å². The lowest BCUT2D eigenvalue weighted by atomic mass is 10.0. The SMILES string of the molecule is CC(=O)NCC1OC(=O)N(F)C1c1ccc(N2CCSC2)cc1. The molecule has 0 bridgehead atoms. The molecule has 0 radical (unpaired) electrons. The molecule has 3 rings (SSSR count). The number of anilines is 1. The molecule has 124 valence electrons. The maximum Gasteiger partial charge on any atom is 0.439 e. The van der Waals surface area contributed by atoms with E-state index in [9.17, 15) is 14.1 Å². The fourth-order valence-electron chi connectivity index (χ4n) is 2.75. The highest BCUT2D eigenvalue weighted by atomic mass is 32.2. The number of amides is 2. The maximum absolute atomic E-state index is 14.1.